The Labute approximate surface area is 94.3 Å². The quantitative estimate of drug-likeness (QED) is 0.805. The number of rotatable bonds is 4. The normalized spacial score (nSPS) is 10.6. The summed E-state index contributed by atoms with van der Waals surface area (Å²) in [6, 6.07) is 1.92. The molecule has 0 atom stereocenters. The SMILES string of the molecule is Cc1nccc(CNCc2cn[nH]c2C)n1. The summed E-state index contributed by atoms with van der Waals surface area (Å²) < 4.78 is 0. The molecule has 0 spiro atoms. The number of aryl methyl sites for hydroxylation is 2. The minimum Gasteiger partial charge on any atom is -0.307 e. The number of hydrogen-bond acceptors (Lipinski definition) is 4. The number of nitrogens with zero attached hydrogens (tertiary/aromatic N) is 3. The molecule has 0 aromatic carbocycles. The predicted molar refractivity (Wildman–Crippen MR) is 60.6 cm³/mol. The fraction of sp³-hybridized carbons (Fsp3) is 0.364. The highest BCUT2D eigenvalue weighted by Gasteiger charge is 2.00. The Morgan fingerprint density at radius 1 is 1.31 bits per heavy atom. The summed E-state index contributed by atoms with van der Waals surface area (Å²) in [4.78, 5) is 8.38. The maximum Gasteiger partial charge on any atom is 0.125 e. The topological polar surface area (TPSA) is 66.5 Å². The number of nitrogens with one attached hydrogen (secondary N) is 2. The first-order valence-corrected chi connectivity index (χ1v) is 5.24. The van der Waals surface area contributed by atoms with Gasteiger partial charge in [-0.15, -0.1) is 0 Å². The van der Waals surface area contributed by atoms with Gasteiger partial charge in [0.1, 0.15) is 5.82 Å². The van der Waals surface area contributed by atoms with Gasteiger partial charge in [-0.3, -0.25) is 5.10 Å². The molecule has 0 aliphatic rings. The number of aromatic nitrogens is 4. The molecule has 0 saturated carbocycles. The van der Waals surface area contributed by atoms with Gasteiger partial charge >= 0.3 is 0 Å². The Hall–Kier alpha value is -1.75. The molecule has 0 fully saturated rings. The second-order valence-electron chi connectivity index (χ2n) is 3.72. The molecule has 0 aliphatic heterocycles. The second kappa shape index (κ2) is 4.85. The van der Waals surface area contributed by atoms with Crippen molar-refractivity contribution in [3.63, 3.8) is 0 Å². The summed E-state index contributed by atoms with van der Waals surface area (Å²) in [5.74, 6) is 0.804. The van der Waals surface area contributed by atoms with Crippen molar-refractivity contribution in [2.45, 2.75) is 26.9 Å². The Bertz CT molecular complexity index is 463. The maximum atomic E-state index is 4.32. The van der Waals surface area contributed by atoms with Gasteiger partial charge in [0.05, 0.1) is 11.9 Å². The predicted octanol–water partition coefficient (Wildman–Crippen LogP) is 1.11. The van der Waals surface area contributed by atoms with E-state index in [0.29, 0.717) is 0 Å². The highest BCUT2D eigenvalue weighted by atomic mass is 15.1. The Kier molecular flexibility index (Phi) is 3.26. The molecule has 2 rings (SSSR count). The van der Waals surface area contributed by atoms with Gasteiger partial charge < -0.3 is 5.32 Å². The lowest BCUT2D eigenvalue weighted by atomic mass is 10.2. The van der Waals surface area contributed by atoms with Gasteiger partial charge in [0.15, 0.2) is 0 Å². The Balaban J connectivity index is 1.87. The van der Waals surface area contributed by atoms with Crippen LogP contribution in [0.2, 0.25) is 0 Å². The molecular formula is C11H15N5. The van der Waals surface area contributed by atoms with Gasteiger partial charge in [0.25, 0.3) is 0 Å². The van der Waals surface area contributed by atoms with Crippen molar-refractivity contribution < 1.29 is 0 Å². The standard InChI is InChI=1S/C11H15N5/c1-8-10(6-14-16-8)5-12-7-11-3-4-13-9(2)15-11/h3-4,6,12H,5,7H2,1-2H3,(H,14,16). The summed E-state index contributed by atoms with van der Waals surface area (Å²) in [6.45, 7) is 5.45. The average Bonchev–Trinajstić information content (AvgIpc) is 2.65. The molecular weight excluding hydrogens is 202 g/mol. The van der Waals surface area contributed by atoms with Crippen LogP contribution in [0.3, 0.4) is 0 Å². The van der Waals surface area contributed by atoms with E-state index in [-0.39, 0.29) is 0 Å². The third kappa shape index (κ3) is 2.64. The summed E-state index contributed by atoms with van der Waals surface area (Å²) in [7, 11) is 0. The Morgan fingerprint density at radius 3 is 2.88 bits per heavy atom. The van der Waals surface area contributed by atoms with E-state index in [2.05, 4.69) is 25.5 Å². The van der Waals surface area contributed by atoms with Gasteiger partial charge in [-0.2, -0.15) is 5.10 Å². The van der Waals surface area contributed by atoms with Gasteiger partial charge in [-0.1, -0.05) is 0 Å². The third-order valence-electron chi connectivity index (χ3n) is 2.39. The van der Waals surface area contributed by atoms with E-state index >= 15 is 0 Å². The zero-order valence-corrected chi connectivity index (χ0v) is 9.49. The zero-order chi connectivity index (χ0) is 11.4. The fourth-order valence-electron chi connectivity index (χ4n) is 1.48. The van der Waals surface area contributed by atoms with Crippen molar-refractivity contribution >= 4 is 0 Å². The number of hydrogen-bond donors (Lipinski definition) is 2. The lowest BCUT2D eigenvalue weighted by Gasteiger charge is -2.03. The van der Waals surface area contributed by atoms with Gasteiger partial charge in [-0.25, -0.2) is 9.97 Å². The summed E-state index contributed by atoms with van der Waals surface area (Å²) in [5.41, 5.74) is 3.30. The first-order valence-electron chi connectivity index (χ1n) is 5.24. The lowest BCUT2D eigenvalue weighted by Crippen LogP contribution is -2.14. The van der Waals surface area contributed by atoms with Crippen LogP contribution < -0.4 is 5.32 Å². The smallest absolute Gasteiger partial charge is 0.125 e. The van der Waals surface area contributed by atoms with Crippen molar-refractivity contribution in [2.24, 2.45) is 0 Å². The highest BCUT2D eigenvalue weighted by molar-refractivity contribution is 5.14. The molecule has 0 amide bonds. The van der Waals surface area contributed by atoms with Crippen molar-refractivity contribution in [1.29, 1.82) is 0 Å². The molecule has 0 saturated heterocycles. The van der Waals surface area contributed by atoms with E-state index < -0.39 is 0 Å². The van der Waals surface area contributed by atoms with E-state index in [1.807, 2.05) is 26.1 Å². The third-order valence-corrected chi connectivity index (χ3v) is 2.39. The minimum atomic E-state index is 0.744. The first kappa shape index (κ1) is 10.8. The van der Waals surface area contributed by atoms with Crippen LogP contribution in [0.4, 0.5) is 0 Å². The monoisotopic (exact) mass is 217 g/mol. The van der Waals surface area contributed by atoms with Crippen LogP contribution in [0, 0.1) is 13.8 Å². The van der Waals surface area contributed by atoms with Crippen molar-refractivity contribution in [3.05, 3.63) is 41.2 Å². The number of H-pyrrole nitrogens is 1. The van der Waals surface area contributed by atoms with E-state index in [1.54, 1.807) is 6.20 Å². The molecule has 5 nitrogen and oxygen atoms in total. The van der Waals surface area contributed by atoms with Crippen molar-refractivity contribution in [2.75, 3.05) is 0 Å². The molecule has 0 unspecified atom stereocenters. The van der Waals surface area contributed by atoms with Crippen LogP contribution in [0.15, 0.2) is 18.5 Å². The fourth-order valence-corrected chi connectivity index (χ4v) is 1.48. The average molecular weight is 217 g/mol. The molecule has 2 heterocycles. The first-order chi connectivity index (χ1) is 7.75. The van der Waals surface area contributed by atoms with Crippen LogP contribution >= 0.6 is 0 Å². The highest BCUT2D eigenvalue weighted by Crippen LogP contribution is 2.02. The molecule has 0 aliphatic carbocycles. The molecule has 0 bridgehead atoms. The minimum absolute atomic E-state index is 0.744. The van der Waals surface area contributed by atoms with Crippen LogP contribution in [0.5, 0.6) is 0 Å². The zero-order valence-electron chi connectivity index (χ0n) is 9.49. The molecule has 5 heteroatoms. The maximum absolute atomic E-state index is 4.32. The van der Waals surface area contributed by atoms with E-state index in [1.165, 1.54) is 5.56 Å². The van der Waals surface area contributed by atoms with E-state index in [9.17, 15) is 0 Å². The van der Waals surface area contributed by atoms with Crippen LogP contribution in [0.1, 0.15) is 22.8 Å². The van der Waals surface area contributed by atoms with Crippen molar-refractivity contribution in [3.8, 4) is 0 Å². The molecule has 2 N–H and O–H groups in total. The largest absolute Gasteiger partial charge is 0.307 e. The molecule has 84 valence electrons. The van der Waals surface area contributed by atoms with Crippen LogP contribution in [-0.2, 0) is 13.1 Å². The molecule has 0 radical (unpaired) electrons. The number of aromatic amines is 1. The van der Waals surface area contributed by atoms with Gasteiger partial charge in [0.2, 0.25) is 0 Å². The summed E-state index contributed by atoms with van der Waals surface area (Å²) in [5, 5.41) is 10.2. The van der Waals surface area contributed by atoms with E-state index in [4.69, 9.17) is 0 Å². The lowest BCUT2D eigenvalue weighted by molar-refractivity contribution is 0.673. The Morgan fingerprint density at radius 2 is 2.19 bits per heavy atom. The van der Waals surface area contributed by atoms with Crippen LogP contribution in [0.25, 0.3) is 0 Å². The van der Waals surface area contributed by atoms with Crippen LogP contribution in [-0.4, -0.2) is 20.2 Å². The molecule has 2 aromatic rings. The van der Waals surface area contributed by atoms with E-state index in [0.717, 1.165) is 30.3 Å². The molecule has 16 heavy (non-hydrogen) atoms. The summed E-state index contributed by atoms with van der Waals surface area (Å²) in [6.07, 6.45) is 3.62. The second-order valence-corrected chi connectivity index (χ2v) is 3.72. The van der Waals surface area contributed by atoms with Gasteiger partial charge in [-0.05, 0) is 19.9 Å². The molecule has 2 aromatic heterocycles. The van der Waals surface area contributed by atoms with Gasteiger partial charge in [0, 0.05) is 30.5 Å². The van der Waals surface area contributed by atoms with Crippen molar-refractivity contribution in [1.82, 2.24) is 25.5 Å². The summed E-state index contributed by atoms with van der Waals surface area (Å²) >= 11 is 0.